The molecular weight excluding hydrogens is 943 g/mol. The molecule has 0 saturated heterocycles. The molecule has 2 N–H and O–H groups in total. The molecule has 0 amide bonds. The Morgan fingerprint density at radius 3 is 1.41 bits per heavy atom. The summed E-state index contributed by atoms with van der Waals surface area (Å²) in [6.07, 6.45) is -0.513. The van der Waals surface area contributed by atoms with Crippen molar-refractivity contribution in [1.29, 1.82) is 0 Å². The van der Waals surface area contributed by atoms with E-state index < -0.39 is 48.6 Å². The first-order chi connectivity index (χ1) is 32.7. The Kier molecular flexibility index (Phi) is 19.6. The molecule has 0 radical (unpaired) electrons. The van der Waals surface area contributed by atoms with E-state index in [1.54, 1.807) is 36.4 Å². The van der Waals surface area contributed by atoms with E-state index in [1.165, 1.54) is 34.8 Å². The molecule has 0 aliphatic carbocycles. The summed E-state index contributed by atoms with van der Waals surface area (Å²) in [7, 11) is 0. The van der Waals surface area contributed by atoms with Crippen LogP contribution in [0, 0.1) is 20.8 Å². The van der Waals surface area contributed by atoms with Crippen molar-refractivity contribution < 1.29 is 65.1 Å². The highest BCUT2D eigenvalue weighted by atomic mass is 32.1. The van der Waals surface area contributed by atoms with Gasteiger partial charge < -0.3 is 29.2 Å². The summed E-state index contributed by atoms with van der Waals surface area (Å²) in [6, 6.07) is 18.6. The fourth-order valence-electron chi connectivity index (χ4n) is 8.19. The van der Waals surface area contributed by atoms with Crippen LogP contribution in [0.15, 0.2) is 72.8 Å². The van der Waals surface area contributed by atoms with E-state index in [4.69, 9.17) is 29.2 Å². The van der Waals surface area contributed by atoms with Crippen LogP contribution in [0.4, 0.5) is 26.3 Å². The van der Waals surface area contributed by atoms with Gasteiger partial charge >= 0.3 is 24.3 Å². The van der Waals surface area contributed by atoms with Crippen molar-refractivity contribution >= 4 is 54.8 Å². The number of halogens is 6. The van der Waals surface area contributed by atoms with E-state index in [2.05, 4.69) is 13.8 Å². The minimum atomic E-state index is -4.35. The fraction of sp³-hybridized carbons (Fsp3) is 0.434. The van der Waals surface area contributed by atoms with Crippen molar-refractivity contribution in [3.05, 3.63) is 116 Å². The van der Waals surface area contributed by atoms with Crippen LogP contribution in [0.1, 0.15) is 127 Å². The SMILES string of the molecule is CCCCC(CCOc1ccc(OCC(=O)O)c(C)c1)c1sc2cc(C(F)(F)F)ccc2c1C.CCCCC(CCOc1ccc(OCC(=O)O)c(CC)c1)c1sc2cc(C(F)(F)F)ccc2c1C. The van der Waals surface area contributed by atoms with Gasteiger partial charge in [0.2, 0.25) is 0 Å². The van der Waals surface area contributed by atoms with Gasteiger partial charge in [-0.1, -0.05) is 58.6 Å². The van der Waals surface area contributed by atoms with Gasteiger partial charge in [-0.3, -0.25) is 0 Å². The third-order valence-electron chi connectivity index (χ3n) is 11.9. The Balaban J connectivity index is 0.000000258. The number of ether oxygens (including phenoxy) is 4. The molecule has 69 heavy (non-hydrogen) atoms. The lowest BCUT2D eigenvalue weighted by Gasteiger charge is -2.18. The number of hydrogen-bond donors (Lipinski definition) is 2. The topological polar surface area (TPSA) is 112 Å². The second kappa shape index (κ2) is 24.9. The summed E-state index contributed by atoms with van der Waals surface area (Å²) in [5.74, 6) is 0.702. The van der Waals surface area contributed by atoms with Crippen molar-refractivity contribution in [3.63, 3.8) is 0 Å². The summed E-state index contributed by atoms with van der Waals surface area (Å²) in [5, 5.41) is 19.4. The van der Waals surface area contributed by atoms with E-state index in [1.807, 2.05) is 39.8 Å². The van der Waals surface area contributed by atoms with Crippen molar-refractivity contribution in [2.24, 2.45) is 0 Å². The van der Waals surface area contributed by atoms with E-state index in [9.17, 15) is 35.9 Å². The molecule has 0 saturated carbocycles. The van der Waals surface area contributed by atoms with Crippen LogP contribution in [0.3, 0.4) is 0 Å². The highest BCUT2D eigenvalue weighted by molar-refractivity contribution is 7.19. The number of fused-ring (bicyclic) bond motifs is 2. The summed E-state index contributed by atoms with van der Waals surface area (Å²) in [5.41, 5.74) is 2.51. The molecule has 0 fully saturated rings. The number of aryl methyl sites for hydroxylation is 4. The van der Waals surface area contributed by atoms with Crippen LogP contribution in [0.5, 0.6) is 23.0 Å². The zero-order chi connectivity index (χ0) is 50.5. The van der Waals surface area contributed by atoms with Gasteiger partial charge in [-0.25, -0.2) is 9.59 Å². The zero-order valence-corrected chi connectivity index (χ0v) is 41.3. The highest BCUT2D eigenvalue weighted by Crippen LogP contribution is 2.43. The predicted octanol–water partition coefficient (Wildman–Crippen LogP) is 15.7. The number of rotatable bonds is 23. The Bertz CT molecular complexity index is 2650. The molecule has 2 heterocycles. The second-order valence-electron chi connectivity index (χ2n) is 17.0. The van der Waals surface area contributed by atoms with Gasteiger partial charge in [0.25, 0.3) is 0 Å². The predicted molar refractivity (Wildman–Crippen MR) is 261 cm³/mol. The lowest BCUT2D eigenvalue weighted by molar-refractivity contribution is -0.140. The van der Waals surface area contributed by atoms with Crippen LogP contribution in [0.25, 0.3) is 20.2 Å². The van der Waals surface area contributed by atoms with Gasteiger partial charge in [0.05, 0.1) is 24.3 Å². The number of carbonyl (C=O) groups is 2. The van der Waals surface area contributed by atoms with Gasteiger partial charge in [-0.2, -0.15) is 26.3 Å². The average molecular weight is 1000 g/mol. The molecule has 16 heteroatoms. The molecule has 6 aromatic rings. The number of alkyl halides is 6. The molecule has 2 unspecified atom stereocenters. The van der Waals surface area contributed by atoms with Crippen LogP contribution in [0.2, 0.25) is 0 Å². The standard InChI is InChI=1S/C27H31F3O4S.C26H29F3O4S/c1-4-6-7-19(26-17(3)22-10-8-20(27(28,29)30)15-24(22)35-26)12-13-33-21-9-11-23(18(5-2)14-21)34-16-25(31)32;1-4-5-6-18(11-12-32-20-8-10-22(16(2)13-20)33-15-24(30)31)25-17(3)21-9-7-19(26(27,28)29)14-23(21)34-25/h8-11,14-15,19H,4-7,12-13,16H2,1-3H3,(H,31,32);7-10,13-14,18H,4-6,11-12,15H2,1-3H3,(H,30,31). The molecule has 374 valence electrons. The molecule has 2 atom stereocenters. The normalized spacial score (nSPS) is 12.6. The first-order valence-electron chi connectivity index (χ1n) is 23.1. The molecule has 0 bridgehead atoms. The van der Waals surface area contributed by atoms with E-state index in [0.717, 1.165) is 106 Å². The van der Waals surface area contributed by atoms with Crippen LogP contribution < -0.4 is 18.9 Å². The smallest absolute Gasteiger partial charge is 0.416 e. The van der Waals surface area contributed by atoms with E-state index >= 15 is 0 Å². The van der Waals surface area contributed by atoms with Crippen LogP contribution in [-0.2, 0) is 28.4 Å². The summed E-state index contributed by atoms with van der Waals surface area (Å²) in [4.78, 5) is 23.7. The third-order valence-corrected chi connectivity index (χ3v) is 14.7. The zero-order valence-electron chi connectivity index (χ0n) is 39.7. The maximum atomic E-state index is 13.2. The monoisotopic (exact) mass is 1000 g/mol. The summed E-state index contributed by atoms with van der Waals surface area (Å²) < 4.78 is 103. The van der Waals surface area contributed by atoms with Crippen molar-refractivity contribution in [3.8, 4) is 23.0 Å². The molecule has 2 aromatic heterocycles. The Morgan fingerprint density at radius 2 is 1.00 bits per heavy atom. The minimum absolute atomic E-state index is 0.200. The summed E-state index contributed by atoms with van der Waals surface area (Å²) >= 11 is 2.91. The quantitative estimate of drug-likeness (QED) is 0.0611. The van der Waals surface area contributed by atoms with Crippen molar-refractivity contribution in [1.82, 2.24) is 0 Å². The Hall–Kier alpha value is -5.48. The largest absolute Gasteiger partial charge is 0.494 e. The molecule has 0 spiro atoms. The molecule has 0 aliphatic rings. The average Bonchev–Trinajstić information content (AvgIpc) is 3.81. The number of hydrogen-bond acceptors (Lipinski definition) is 8. The fourth-order valence-corrected chi connectivity index (χ4v) is 11.0. The number of unbranched alkanes of at least 4 members (excludes halogenated alkanes) is 2. The second-order valence-corrected chi connectivity index (χ2v) is 19.1. The van der Waals surface area contributed by atoms with Crippen LogP contribution >= 0.6 is 22.7 Å². The van der Waals surface area contributed by atoms with Gasteiger partial charge in [0, 0.05) is 19.2 Å². The number of aliphatic carboxylic acids is 2. The van der Waals surface area contributed by atoms with Gasteiger partial charge in [-0.05, 0) is 158 Å². The molecular formula is C53H60F6O8S2. The first-order valence-corrected chi connectivity index (χ1v) is 24.8. The van der Waals surface area contributed by atoms with Crippen molar-refractivity contribution in [2.75, 3.05) is 26.4 Å². The lowest BCUT2D eigenvalue weighted by Crippen LogP contribution is -2.10. The number of carboxylic acid groups (broad SMARTS) is 2. The lowest BCUT2D eigenvalue weighted by atomic mass is 9.94. The maximum absolute atomic E-state index is 13.2. The Labute approximate surface area is 407 Å². The van der Waals surface area contributed by atoms with Crippen molar-refractivity contribution in [2.45, 2.75) is 124 Å². The molecule has 8 nitrogen and oxygen atoms in total. The van der Waals surface area contributed by atoms with E-state index in [-0.39, 0.29) is 11.8 Å². The molecule has 4 aromatic carbocycles. The molecule has 0 aliphatic heterocycles. The van der Waals surface area contributed by atoms with Gasteiger partial charge in [0.1, 0.15) is 23.0 Å². The maximum Gasteiger partial charge on any atom is 0.416 e. The first kappa shape index (κ1) is 54.5. The minimum Gasteiger partial charge on any atom is -0.494 e. The number of thiophene rings is 2. The number of carboxylic acids is 2. The van der Waals surface area contributed by atoms with Gasteiger partial charge in [0.15, 0.2) is 13.2 Å². The highest BCUT2D eigenvalue weighted by Gasteiger charge is 2.32. The Morgan fingerprint density at radius 1 is 0.565 bits per heavy atom. The third kappa shape index (κ3) is 15.3. The van der Waals surface area contributed by atoms with Gasteiger partial charge in [-0.15, -0.1) is 22.7 Å². The summed E-state index contributed by atoms with van der Waals surface area (Å²) in [6.45, 7) is 12.1. The molecule has 6 rings (SSSR count). The van der Waals surface area contributed by atoms with Crippen LogP contribution in [-0.4, -0.2) is 48.6 Å². The van der Waals surface area contributed by atoms with E-state index in [0.29, 0.717) is 52.0 Å². The number of benzene rings is 4.